The van der Waals surface area contributed by atoms with Crippen LogP contribution >= 0.6 is 0 Å². The summed E-state index contributed by atoms with van der Waals surface area (Å²) in [7, 11) is 0. The molecule has 1 aliphatic rings. The topological polar surface area (TPSA) is 59.4 Å². The molecule has 0 bridgehead atoms. The van der Waals surface area contributed by atoms with Crippen LogP contribution in [-0.4, -0.2) is 46.9 Å². The lowest BCUT2D eigenvalue weighted by molar-refractivity contribution is 0.0342. The van der Waals surface area contributed by atoms with Gasteiger partial charge in [-0.3, -0.25) is 9.69 Å². The number of amides is 1. The van der Waals surface area contributed by atoms with Crippen LogP contribution in [0, 0.1) is 0 Å². The van der Waals surface area contributed by atoms with E-state index in [2.05, 4.69) is 21.4 Å². The Balaban J connectivity index is 1.68. The Labute approximate surface area is 142 Å². The molecule has 3 rings (SSSR count). The van der Waals surface area contributed by atoms with E-state index >= 15 is 0 Å². The number of carbonyl (C=O) groups is 1. The van der Waals surface area contributed by atoms with Gasteiger partial charge in [0, 0.05) is 37.3 Å². The first-order valence-electron chi connectivity index (χ1n) is 8.37. The first-order valence-corrected chi connectivity index (χ1v) is 8.37. The lowest BCUT2D eigenvalue weighted by Crippen LogP contribution is -2.35. The van der Waals surface area contributed by atoms with Crippen molar-refractivity contribution < 1.29 is 9.53 Å². The largest absolute Gasteiger partial charge is 0.379 e. The highest BCUT2D eigenvalue weighted by molar-refractivity contribution is 6.03. The molecular weight excluding hydrogens is 304 g/mol. The zero-order valence-electron chi connectivity index (χ0n) is 14.2. The van der Waals surface area contributed by atoms with Crippen molar-refractivity contribution >= 4 is 11.7 Å². The quantitative estimate of drug-likeness (QED) is 0.916. The molecule has 1 fully saturated rings. The Morgan fingerprint density at radius 2 is 2.08 bits per heavy atom. The van der Waals surface area contributed by atoms with E-state index in [0.717, 1.165) is 38.4 Å². The van der Waals surface area contributed by atoms with E-state index in [0.29, 0.717) is 11.4 Å². The predicted molar refractivity (Wildman–Crippen MR) is 93.1 cm³/mol. The molecule has 0 atom stereocenters. The fourth-order valence-electron chi connectivity index (χ4n) is 2.84. The van der Waals surface area contributed by atoms with Crippen LogP contribution in [0.1, 0.15) is 35.8 Å². The van der Waals surface area contributed by atoms with Gasteiger partial charge >= 0.3 is 0 Å². The van der Waals surface area contributed by atoms with Crippen LogP contribution in [0.5, 0.6) is 0 Å². The summed E-state index contributed by atoms with van der Waals surface area (Å²) in [6.07, 6.45) is 1.70. The van der Waals surface area contributed by atoms with Crippen molar-refractivity contribution in [2.45, 2.75) is 26.4 Å². The molecule has 128 valence electrons. The summed E-state index contributed by atoms with van der Waals surface area (Å²) in [5.74, 6) is 0.606. The molecule has 1 N–H and O–H groups in total. The molecule has 2 heterocycles. The number of benzene rings is 1. The monoisotopic (exact) mass is 328 g/mol. The number of ether oxygens (including phenoxy) is 1. The maximum atomic E-state index is 12.5. The second-order valence-electron chi connectivity index (χ2n) is 6.30. The summed E-state index contributed by atoms with van der Waals surface area (Å²) >= 11 is 0. The third-order valence-corrected chi connectivity index (χ3v) is 4.10. The maximum absolute atomic E-state index is 12.5. The predicted octanol–water partition coefficient (Wildman–Crippen LogP) is 2.55. The van der Waals surface area contributed by atoms with E-state index in [9.17, 15) is 4.79 Å². The molecule has 1 amide bonds. The summed E-state index contributed by atoms with van der Waals surface area (Å²) in [5.41, 5.74) is 1.80. The van der Waals surface area contributed by atoms with Crippen molar-refractivity contribution in [3.63, 3.8) is 0 Å². The Bertz CT molecular complexity index is 690. The van der Waals surface area contributed by atoms with Crippen molar-refractivity contribution in [1.82, 2.24) is 14.7 Å². The Morgan fingerprint density at radius 3 is 2.83 bits per heavy atom. The Hall–Kier alpha value is -2.18. The van der Waals surface area contributed by atoms with Gasteiger partial charge in [0.05, 0.1) is 19.4 Å². The van der Waals surface area contributed by atoms with Crippen LogP contribution < -0.4 is 5.32 Å². The molecule has 0 saturated carbocycles. The number of nitrogens with zero attached hydrogens (tertiary/aromatic N) is 3. The zero-order chi connectivity index (χ0) is 16.9. The van der Waals surface area contributed by atoms with E-state index in [1.165, 1.54) is 0 Å². The van der Waals surface area contributed by atoms with Crippen LogP contribution in [0.4, 0.5) is 5.82 Å². The molecule has 24 heavy (non-hydrogen) atoms. The van der Waals surface area contributed by atoms with Gasteiger partial charge in [-0.25, -0.2) is 4.68 Å². The van der Waals surface area contributed by atoms with Crippen LogP contribution in [-0.2, 0) is 11.3 Å². The molecule has 1 aromatic carbocycles. The van der Waals surface area contributed by atoms with Crippen molar-refractivity contribution in [3.05, 3.63) is 47.7 Å². The fourth-order valence-corrected chi connectivity index (χ4v) is 2.84. The van der Waals surface area contributed by atoms with Crippen LogP contribution in [0.3, 0.4) is 0 Å². The summed E-state index contributed by atoms with van der Waals surface area (Å²) in [6.45, 7) is 8.33. The Morgan fingerprint density at radius 1 is 1.29 bits per heavy atom. The maximum Gasteiger partial charge on any atom is 0.256 e. The molecule has 2 aromatic rings. The van der Waals surface area contributed by atoms with Gasteiger partial charge in [0.1, 0.15) is 5.82 Å². The van der Waals surface area contributed by atoms with Crippen LogP contribution in [0.25, 0.3) is 0 Å². The highest BCUT2D eigenvalue weighted by atomic mass is 16.5. The van der Waals surface area contributed by atoms with Crippen LogP contribution in [0.15, 0.2) is 36.5 Å². The van der Waals surface area contributed by atoms with Gasteiger partial charge in [0.2, 0.25) is 0 Å². The van der Waals surface area contributed by atoms with Gasteiger partial charge in [-0.1, -0.05) is 12.1 Å². The molecule has 0 spiro atoms. The van der Waals surface area contributed by atoms with E-state index in [4.69, 9.17) is 4.74 Å². The normalized spacial score (nSPS) is 15.6. The lowest BCUT2D eigenvalue weighted by Gasteiger charge is -2.26. The van der Waals surface area contributed by atoms with Gasteiger partial charge in [-0.05, 0) is 31.5 Å². The first kappa shape index (κ1) is 16.7. The summed E-state index contributed by atoms with van der Waals surface area (Å²) in [5, 5.41) is 7.19. The molecule has 1 aliphatic heterocycles. The zero-order valence-corrected chi connectivity index (χ0v) is 14.2. The minimum atomic E-state index is -0.110. The molecule has 0 aliphatic carbocycles. The number of carbonyl (C=O) groups excluding carboxylic acids is 1. The van der Waals surface area contributed by atoms with Crippen molar-refractivity contribution in [2.24, 2.45) is 0 Å². The number of morpholine rings is 1. The lowest BCUT2D eigenvalue weighted by atomic mass is 10.1. The van der Waals surface area contributed by atoms with Gasteiger partial charge in [0.25, 0.3) is 5.91 Å². The molecular formula is C18H24N4O2. The third-order valence-electron chi connectivity index (χ3n) is 4.10. The third kappa shape index (κ3) is 4.01. The van der Waals surface area contributed by atoms with E-state index in [1.807, 2.05) is 38.1 Å². The minimum Gasteiger partial charge on any atom is -0.379 e. The minimum absolute atomic E-state index is 0.110. The summed E-state index contributed by atoms with van der Waals surface area (Å²) < 4.78 is 7.18. The second-order valence-corrected chi connectivity index (χ2v) is 6.30. The summed E-state index contributed by atoms with van der Waals surface area (Å²) in [4.78, 5) is 14.9. The first-order chi connectivity index (χ1) is 11.6. The highest BCUT2D eigenvalue weighted by Gasteiger charge is 2.14. The van der Waals surface area contributed by atoms with Crippen molar-refractivity contribution in [3.8, 4) is 0 Å². The number of rotatable bonds is 5. The number of nitrogens with one attached hydrogen (secondary N) is 1. The highest BCUT2D eigenvalue weighted by Crippen LogP contribution is 2.15. The second kappa shape index (κ2) is 7.59. The average molecular weight is 328 g/mol. The summed E-state index contributed by atoms with van der Waals surface area (Å²) in [6, 6.07) is 9.81. The number of aromatic nitrogens is 2. The number of anilines is 1. The SMILES string of the molecule is CC(C)n1nccc1NC(=O)c1cccc(CN2CCOCC2)c1. The van der Waals surface area contributed by atoms with E-state index in [1.54, 1.807) is 10.9 Å². The molecule has 0 unspecified atom stereocenters. The van der Waals surface area contributed by atoms with Gasteiger partial charge in [0.15, 0.2) is 0 Å². The fraction of sp³-hybridized carbons (Fsp3) is 0.444. The average Bonchev–Trinajstić information content (AvgIpc) is 3.04. The molecule has 0 radical (unpaired) electrons. The van der Waals surface area contributed by atoms with E-state index < -0.39 is 0 Å². The molecule has 1 aromatic heterocycles. The van der Waals surface area contributed by atoms with Gasteiger partial charge in [-0.15, -0.1) is 0 Å². The molecule has 6 heteroatoms. The Kier molecular flexibility index (Phi) is 5.27. The smallest absolute Gasteiger partial charge is 0.256 e. The standard InChI is InChI=1S/C18H24N4O2/c1-14(2)22-17(6-7-19-22)20-18(23)16-5-3-4-15(12-16)13-21-8-10-24-11-9-21/h3-7,12,14H,8-11,13H2,1-2H3,(H,20,23). The van der Waals surface area contributed by atoms with Crippen molar-refractivity contribution in [1.29, 1.82) is 0 Å². The molecule has 1 saturated heterocycles. The van der Waals surface area contributed by atoms with E-state index in [-0.39, 0.29) is 11.9 Å². The molecule has 6 nitrogen and oxygen atoms in total. The number of hydrogen-bond acceptors (Lipinski definition) is 4. The van der Waals surface area contributed by atoms with Gasteiger partial charge < -0.3 is 10.1 Å². The van der Waals surface area contributed by atoms with Crippen LogP contribution in [0.2, 0.25) is 0 Å². The van der Waals surface area contributed by atoms with Crippen molar-refractivity contribution in [2.75, 3.05) is 31.6 Å². The van der Waals surface area contributed by atoms with Gasteiger partial charge in [-0.2, -0.15) is 5.10 Å². The number of hydrogen-bond donors (Lipinski definition) is 1.